The van der Waals surface area contributed by atoms with Crippen molar-refractivity contribution in [2.24, 2.45) is 11.0 Å². The van der Waals surface area contributed by atoms with E-state index in [-0.39, 0.29) is 25.5 Å². The van der Waals surface area contributed by atoms with Crippen LogP contribution in [0.2, 0.25) is 0 Å². The number of nitrogens with zero attached hydrogens (tertiary/aromatic N) is 2. The van der Waals surface area contributed by atoms with E-state index in [1.54, 1.807) is 26.0 Å². The van der Waals surface area contributed by atoms with E-state index < -0.39 is 29.8 Å². The summed E-state index contributed by atoms with van der Waals surface area (Å²) < 4.78 is 10.4. The number of carbonyl (C=O) groups excluding carboxylic acids is 3. The minimum atomic E-state index is -1.20. The van der Waals surface area contributed by atoms with Crippen molar-refractivity contribution in [3.05, 3.63) is 66.2 Å². The van der Waals surface area contributed by atoms with E-state index in [0.29, 0.717) is 5.69 Å². The summed E-state index contributed by atoms with van der Waals surface area (Å²) in [4.78, 5) is 40.3. The normalized spacial score (nSPS) is 19.4. The fourth-order valence-corrected chi connectivity index (χ4v) is 3.40. The number of ether oxygens (including phenoxy) is 2. The van der Waals surface area contributed by atoms with Crippen molar-refractivity contribution in [3.63, 3.8) is 0 Å². The Morgan fingerprint density at radius 2 is 1.52 bits per heavy atom. The summed E-state index contributed by atoms with van der Waals surface area (Å²) in [5.41, 5.74) is 4.16. The van der Waals surface area contributed by atoms with Crippen molar-refractivity contribution < 1.29 is 23.9 Å². The van der Waals surface area contributed by atoms with Gasteiger partial charge in [0.05, 0.1) is 18.9 Å². The molecule has 0 radical (unpaired) electrons. The second-order valence-corrected chi connectivity index (χ2v) is 6.82. The molecule has 8 nitrogen and oxygen atoms in total. The Morgan fingerprint density at radius 3 is 2.13 bits per heavy atom. The summed E-state index contributed by atoms with van der Waals surface area (Å²) in [5.74, 6) is -3.09. The molecule has 0 spiro atoms. The van der Waals surface area contributed by atoms with Gasteiger partial charge in [0.2, 0.25) is 0 Å². The quantitative estimate of drug-likeness (QED) is 0.518. The molecule has 2 unspecified atom stereocenters. The number of rotatable bonds is 8. The van der Waals surface area contributed by atoms with Crippen LogP contribution in [0.25, 0.3) is 0 Å². The Labute approximate surface area is 180 Å². The lowest BCUT2D eigenvalue weighted by Crippen LogP contribution is -2.44. The predicted molar refractivity (Wildman–Crippen MR) is 115 cm³/mol. The molecule has 1 amide bonds. The summed E-state index contributed by atoms with van der Waals surface area (Å²) in [5, 5.41) is 4.21. The topological polar surface area (TPSA) is 97.3 Å². The van der Waals surface area contributed by atoms with Gasteiger partial charge in [-0.1, -0.05) is 48.5 Å². The zero-order chi connectivity index (χ0) is 22.2. The van der Waals surface area contributed by atoms with E-state index in [9.17, 15) is 14.4 Å². The number of carbonyl (C=O) groups is 3. The Balaban J connectivity index is 2.01. The van der Waals surface area contributed by atoms with Crippen molar-refractivity contribution in [3.8, 4) is 0 Å². The maximum absolute atomic E-state index is 13.3. The molecule has 1 aliphatic rings. The highest BCUT2D eigenvalue weighted by Gasteiger charge is 2.54. The Bertz CT molecular complexity index is 946. The van der Waals surface area contributed by atoms with E-state index in [2.05, 4.69) is 10.5 Å². The zero-order valence-corrected chi connectivity index (χ0v) is 17.5. The van der Waals surface area contributed by atoms with Crippen LogP contribution in [0.3, 0.4) is 0 Å². The maximum atomic E-state index is 13.3. The SMILES string of the molecule is CCOC(=O)C1/C(=N/Nc2ccccc2)C(=O)N(Cc2ccccc2)C1C(=O)OCC. The first kappa shape index (κ1) is 22.0. The van der Waals surface area contributed by atoms with Crippen LogP contribution >= 0.6 is 0 Å². The zero-order valence-electron chi connectivity index (χ0n) is 17.5. The molecule has 162 valence electrons. The number of benzene rings is 2. The molecule has 0 saturated carbocycles. The minimum Gasteiger partial charge on any atom is -0.465 e. The lowest BCUT2D eigenvalue weighted by atomic mass is 9.98. The number of para-hydroxylation sites is 1. The smallest absolute Gasteiger partial charge is 0.330 e. The molecule has 8 heteroatoms. The third-order valence-electron chi connectivity index (χ3n) is 4.77. The summed E-state index contributed by atoms with van der Waals surface area (Å²) >= 11 is 0. The average Bonchev–Trinajstić information content (AvgIpc) is 3.05. The summed E-state index contributed by atoms with van der Waals surface area (Å²) in [6, 6.07) is 17.1. The lowest BCUT2D eigenvalue weighted by molar-refractivity contribution is -0.158. The number of hydrogen-bond acceptors (Lipinski definition) is 7. The molecule has 31 heavy (non-hydrogen) atoms. The van der Waals surface area contributed by atoms with Gasteiger partial charge in [-0.3, -0.25) is 15.0 Å². The molecule has 0 aromatic heterocycles. The molecular formula is C23H25N3O5. The molecule has 2 aromatic carbocycles. The fraction of sp³-hybridized carbons (Fsp3) is 0.304. The molecule has 1 N–H and O–H groups in total. The molecule has 1 heterocycles. The predicted octanol–water partition coefficient (Wildman–Crippen LogP) is 2.61. The number of nitrogens with one attached hydrogen (secondary N) is 1. The molecule has 2 atom stereocenters. The summed E-state index contributed by atoms with van der Waals surface area (Å²) in [6.45, 7) is 3.68. The molecule has 0 aliphatic carbocycles. The van der Waals surface area contributed by atoms with Crippen molar-refractivity contribution in [2.75, 3.05) is 18.6 Å². The van der Waals surface area contributed by atoms with Gasteiger partial charge in [0, 0.05) is 6.54 Å². The van der Waals surface area contributed by atoms with Gasteiger partial charge in [-0.2, -0.15) is 5.10 Å². The lowest BCUT2D eigenvalue weighted by Gasteiger charge is -2.25. The first-order chi connectivity index (χ1) is 15.1. The van der Waals surface area contributed by atoms with Gasteiger partial charge in [-0.05, 0) is 31.5 Å². The van der Waals surface area contributed by atoms with Gasteiger partial charge >= 0.3 is 11.9 Å². The van der Waals surface area contributed by atoms with Crippen molar-refractivity contribution in [1.29, 1.82) is 0 Å². The minimum absolute atomic E-state index is 0.0868. The Hall–Kier alpha value is -3.68. The van der Waals surface area contributed by atoms with Crippen molar-refractivity contribution >= 4 is 29.2 Å². The number of esters is 2. The third kappa shape index (κ3) is 5.09. The summed E-state index contributed by atoms with van der Waals surface area (Å²) in [6.07, 6.45) is 0. The van der Waals surface area contributed by atoms with E-state index in [1.165, 1.54) is 4.90 Å². The highest BCUT2D eigenvalue weighted by atomic mass is 16.5. The first-order valence-electron chi connectivity index (χ1n) is 10.1. The van der Waals surface area contributed by atoms with Crippen LogP contribution in [-0.4, -0.2) is 47.7 Å². The van der Waals surface area contributed by atoms with Crippen LogP contribution in [-0.2, 0) is 30.4 Å². The maximum Gasteiger partial charge on any atom is 0.330 e. The number of hydrazone groups is 1. The molecule has 3 rings (SSSR count). The molecular weight excluding hydrogens is 398 g/mol. The number of hydrogen-bond donors (Lipinski definition) is 1. The molecule has 1 saturated heterocycles. The van der Waals surface area contributed by atoms with Crippen LogP contribution < -0.4 is 5.43 Å². The molecule has 2 aromatic rings. The fourth-order valence-electron chi connectivity index (χ4n) is 3.40. The molecule has 0 bridgehead atoms. The van der Waals surface area contributed by atoms with E-state index in [4.69, 9.17) is 9.47 Å². The number of anilines is 1. The van der Waals surface area contributed by atoms with Gasteiger partial charge in [-0.15, -0.1) is 0 Å². The van der Waals surface area contributed by atoms with Crippen molar-refractivity contribution in [2.45, 2.75) is 26.4 Å². The van der Waals surface area contributed by atoms with Gasteiger partial charge < -0.3 is 14.4 Å². The summed E-state index contributed by atoms with van der Waals surface area (Å²) in [7, 11) is 0. The van der Waals surface area contributed by atoms with E-state index in [0.717, 1.165) is 5.56 Å². The van der Waals surface area contributed by atoms with E-state index in [1.807, 2.05) is 48.5 Å². The highest BCUT2D eigenvalue weighted by molar-refractivity contribution is 6.46. The number of amides is 1. The monoisotopic (exact) mass is 423 g/mol. The van der Waals surface area contributed by atoms with Crippen LogP contribution in [0, 0.1) is 5.92 Å². The Morgan fingerprint density at radius 1 is 0.935 bits per heavy atom. The second-order valence-electron chi connectivity index (χ2n) is 6.82. The third-order valence-corrected chi connectivity index (χ3v) is 4.77. The van der Waals surface area contributed by atoms with Gasteiger partial charge in [-0.25, -0.2) is 4.79 Å². The van der Waals surface area contributed by atoms with Crippen LogP contribution in [0.4, 0.5) is 5.69 Å². The number of likely N-dealkylation sites (tertiary alicyclic amines) is 1. The average molecular weight is 423 g/mol. The largest absolute Gasteiger partial charge is 0.465 e. The van der Waals surface area contributed by atoms with Crippen LogP contribution in [0.15, 0.2) is 65.8 Å². The van der Waals surface area contributed by atoms with Gasteiger partial charge in [0.25, 0.3) is 5.91 Å². The molecule has 1 fully saturated rings. The standard InChI is InChI=1S/C23H25N3O5/c1-3-30-22(28)18-19(25-24-17-13-9-6-10-14-17)21(27)26(20(18)23(29)31-4-2)15-16-11-7-5-8-12-16/h5-14,18,20,24H,3-4,15H2,1-2H3/b25-19-. The second kappa shape index (κ2) is 10.4. The van der Waals surface area contributed by atoms with Gasteiger partial charge in [0.15, 0.2) is 0 Å². The van der Waals surface area contributed by atoms with Crippen LogP contribution in [0.5, 0.6) is 0 Å². The highest BCUT2D eigenvalue weighted by Crippen LogP contribution is 2.28. The van der Waals surface area contributed by atoms with Crippen LogP contribution in [0.1, 0.15) is 19.4 Å². The van der Waals surface area contributed by atoms with E-state index >= 15 is 0 Å². The molecule has 1 aliphatic heterocycles. The van der Waals surface area contributed by atoms with Gasteiger partial charge in [0.1, 0.15) is 17.7 Å². The van der Waals surface area contributed by atoms with Crippen molar-refractivity contribution in [1.82, 2.24) is 4.90 Å². The first-order valence-corrected chi connectivity index (χ1v) is 10.1. The Kier molecular flexibility index (Phi) is 7.37.